The second-order valence-electron chi connectivity index (χ2n) is 5.93. The van der Waals surface area contributed by atoms with E-state index in [0.717, 1.165) is 16.5 Å². The zero-order valence-corrected chi connectivity index (χ0v) is 16.0. The third kappa shape index (κ3) is 4.38. The number of fused-ring (bicyclic) bond motifs is 1. The summed E-state index contributed by atoms with van der Waals surface area (Å²) in [4.78, 5) is 12.4. The molecule has 4 aromatic rings. The van der Waals surface area contributed by atoms with Crippen LogP contribution in [0, 0.1) is 0 Å². The van der Waals surface area contributed by atoms with Crippen LogP contribution in [0.3, 0.4) is 0 Å². The fourth-order valence-electron chi connectivity index (χ4n) is 2.62. The van der Waals surface area contributed by atoms with E-state index in [4.69, 9.17) is 10.3 Å². The van der Waals surface area contributed by atoms with Crippen molar-refractivity contribution in [3.63, 3.8) is 0 Å². The molecule has 10 heteroatoms. The molecule has 4 N–H and O–H groups in total. The molecule has 2 aromatic heterocycles. The topological polar surface area (TPSA) is 123 Å². The number of furan rings is 1. The Morgan fingerprint density at radius 2 is 2.03 bits per heavy atom. The Balaban J connectivity index is 1.35. The van der Waals surface area contributed by atoms with Crippen molar-refractivity contribution in [3.8, 4) is 0 Å². The van der Waals surface area contributed by atoms with Gasteiger partial charge in [-0.15, -0.1) is 10.2 Å². The summed E-state index contributed by atoms with van der Waals surface area (Å²) in [5.74, 6) is 6.75. The highest BCUT2D eigenvalue weighted by molar-refractivity contribution is 7.99. The van der Waals surface area contributed by atoms with Gasteiger partial charge in [0.25, 0.3) is 5.95 Å². The first-order valence-electron chi connectivity index (χ1n) is 8.64. The molecule has 2 heterocycles. The van der Waals surface area contributed by atoms with Gasteiger partial charge in [-0.1, -0.05) is 48.2 Å². The number of nitrogens with two attached hydrogens (primary N) is 1. The lowest BCUT2D eigenvalue weighted by Gasteiger charge is -2.08. The highest BCUT2D eigenvalue weighted by Gasteiger charge is 2.12. The van der Waals surface area contributed by atoms with Crippen molar-refractivity contribution in [1.82, 2.24) is 14.9 Å². The van der Waals surface area contributed by atoms with Gasteiger partial charge in [0.2, 0.25) is 11.1 Å². The highest BCUT2D eigenvalue weighted by Crippen LogP contribution is 2.23. The van der Waals surface area contributed by atoms with Gasteiger partial charge in [-0.05, 0) is 23.6 Å². The van der Waals surface area contributed by atoms with Crippen LogP contribution in [0.25, 0.3) is 10.8 Å². The van der Waals surface area contributed by atoms with Crippen LogP contribution in [0.4, 0.5) is 11.6 Å². The van der Waals surface area contributed by atoms with Crippen molar-refractivity contribution in [3.05, 3.63) is 66.6 Å². The number of benzene rings is 2. The van der Waals surface area contributed by atoms with Crippen LogP contribution in [0.5, 0.6) is 0 Å². The Labute approximate surface area is 170 Å². The number of rotatable bonds is 7. The SMILES string of the molecule is Nn1c(N/N=C/c2ccco2)nnc1SCC(=O)Nc1cccc2ccccc12. The Morgan fingerprint density at radius 3 is 2.90 bits per heavy atom. The Morgan fingerprint density at radius 1 is 1.17 bits per heavy atom. The Kier molecular flexibility index (Phi) is 5.43. The maximum absolute atomic E-state index is 12.4. The molecular weight excluding hydrogens is 390 g/mol. The number of hydrogen-bond acceptors (Lipinski definition) is 8. The van der Waals surface area contributed by atoms with Gasteiger partial charge >= 0.3 is 0 Å². The lowest BCUT2D eigenvalue weighted by Crippen LogP contribution is -2.17. The zero-order chi connectivity index (χ0) is 20.1. The lowest BCUT2D eigenvalue weighted by atomic mass is 10.1. The average molecular weight is 407 g/mol. The molecule has 146 valence electrons. The summed E-state index contributed by atoms with van der Waals surface area (Å²) in [5.41, 5.74) is 3.44. The number of nitrogen functional groups attached to an aromatic ring is 1. The first-order valence-corrected chi connectivity index (χ1v) is 9.63. The van der Waals surface area contributed by atoms with Gasteiger partial charge in [0.15, 0.2) is 0 Å². The molecular formula is C19H17N7O2S. The molecule has 0 aliphatic heterocycles. The van der Waals surface area contributed by atoms with E-state index in [9.17, 15) is 4.79 Å². The molecule has 4 rings (SSSR count). The number of amides is 1. The van der Waals surface area contributed by atoms with Crippen molar-refractivity contribution in [1.29, 1.82) is 0 Å². The van der Waals surface area contributed by atoms with Crippen molar-refractivity contribution < 1.29 is 9.21 Å². The first-order chi connectivity index (χ1) is 14.2. The van der Waals surface area contributed by atoms with Crippen molar-refractivity contribution in [2.75, 3.05) is 22.3 Å². The second-order valence-corrected chi connectivity index (χ2v) is 6.87. The standard InChI is InChI=1S/C19H17N7O2S/c20-26-18(23-21-11-14-7-4-10-28-14)24-25-19(26)29-12-17(27)22-16-9-3-6-13-5-1-2-8-15(13)16/h1-11H,12,20H2,(H,22,27)(H,23,24)/b21-11+. The van der Waals surface area contributed by atoms with E-state index in [1.54, 1.807) is 18.4 Å². The summed E-state index contributed by atoms with van der Waals surface area (Å²) >= 11 is 1.17. The van der Waals surface area contributed by atoms with E-state index in [-0.39, 0.29) is 17.6 Å². The van der Waals surface area contributed by atoms with Crippen LogP contribution in [0.1, 0.15) is 5.76 Å². The van der Waals surface area contributed by atoms with Crippen molar-refractivity contribution in [2.24, 2.45) is 5.10 Å². The number of carbonyl (C=O) groups excluding carboxylic acids is 1. The highest BCUT2D eigenvalue weighted by atomic mass is 32.2. The van der Waals surface area contributed by atoms with Crippen LogP contribution in [-0.2, 0) is 4.79 Å². The van der Waals surface area contributed by atoms with E-state index >= 15 is 0 Å². The first kappa shape index (κ1) is 18.6. The number of thioether (sulfide) groups is 1. The molecule has 0 saturated carbocycles. The minimum Gasteiger partial charge on any atom is -0.463 e. The van der Waals surface area contributed by atoms with E-state index in [2.05, 4.69) is 26.0 Å². The maximum Gasteiger partial charge on any atom is 0.264 e. The third-order valence-electron chi connectivity index (χ3n) is 3.96. The van der Waals surface area contributed by atoms with Crippen molar-refractivity contribution in [2.45, 2.75) is 5.16 Å². The summed E-state index contributed by atoms with van der Waals surface area (Å²) in [7, 11) is 0. The van der Waals surface area contributed by atoms with Gasteiger partial charge in [-0.2, -0.15) is 5.10 Å². The van der Waals surface area contributed by atoms with Crippen LogP contribution in [0.15, 0.2) is 75.5 Å². The predicted molar refractivity (Wildman–Crippen MR) is 113 cm³/mol. The number of nitrogens with one attached hydrogen (secondary N) is 2. The number of nitrogens with zero attached hydrogens (tertiary/aromatic N) is 4. The smallest absolute Gasteiger partial charge is 0.264 e. The lowest BCUT2D eigenvalue weighted by molar-refractivity contribution is -0.113. The summed E-state index contributed by atoms with van der Waals surface area (Å²) < 4.78 is 6.37. The second kappa shape index (κ2) is 8.48. The number of aromatic nitrogens is 3. The van der Waals surface area contributed by atoms with Gasteiger partial charge in [0.05, 0.1) is 18.2 Å². The number of hydrogen-bond donors (Lipinski definition) is 3. The van der Waals surface area contributed by atoms with Crippen LogP contribution in [-0.4, -0.2) is 32.7 Å². The van der Waals surface area contributed by atoms with E-state index in [0.29, 0.717) is 10.9 Å². The van der Waals surface area contributed by atoms with Gasteiger partial charge in [-0.25, -0.2) is 10.1 Å². The van der Waals surface area contributed by atoms with Crippen LogP contribution >= 0.6 is 11.8 Å². The number of anilines is 2. The monoisotopic (exact) mass is 407 g/mol. The Hall–Kier alpha value is -3.79. The fraction of sp³-hybridized carbons (Fsp3) is 0.0526. The largest absolute Gasteiger partial charge is 0.463 e. The zero-order valence-electron chi connectivity index (χ0n) is 15.1. The molecule has 1 amide bonds. The summed E-state index contributed by atoms with van der Waals surface area (Å²) in [6.45, 7) is 0. The van der Waals surface area contributed by atoms with Crippen molar-refractivity contribution >= 4 is 46.3 Å². The third-order valence-corrected chi connectivity index (χ3v) is 4.90. The normalized spacial score (nSPS) is 11.2. The van der Waals surface area contributed by atoms with Crippen LogP contribution < -0.4 is 16.6 Å². The quantitative estimate of drug-likeness (QED) is 0.186. The summed E-state index contributed by atoms with van der Waals surface area (Å²) in [6, 6.07) is 17.2. The maximum atomic E-state index is 12.4. The van der Waals surface area contributed by atoms with Gasteiger partial charge in [0, 0.05) is 11.1 Å². The summed E-state index contributed by atoms with van der Waals surface area (Å²) in [5, 5.41) is 17.2. The fourth-order valence-corrected chi connectivity index (χ4v) is 3.28. The Bertz CT molecular complexity index is 1150. The molecule has 0 spiro atoms. The molecule has 0 aliphatic carbocycles. The molecule has 2 aromatic carbocycles. The van der Waals surface area contributed by atoms with Gasteiger partial charge in [0.1, 0.15) is 5.76 Å². The molecule has 29 heavy (non-hydrogen) atoms. The molecule has 0 bridgehead atoms. The molecule has 9 nitrogen and oxygen atoms in total. The molecule has 0 saturated heterocycles. The predicted octanol–water partition coefficient (Wildman–Crippen LogP) is 2.91. The number of hydrazone groups is 1. The average Bonchev–Trinajstić information content (AvgIpc) is 3.37. The van der Waals surface area contributed by atoms with Gasteiger partial charge < -0.3 is 15.6 Å². The molecule has 0 atom stereocenters. The minimum absolute atomic E-state index is 0.133. The van der Waals surface area contributed by atoms with Gasteiger partial charge in [-0.3, -0.25) is 4.79 Å². The van der Waals surface area contributed by atoms with E-state index in [1.165, 1.54) is 22.7 Å². The number of carbonyl (C=O) groups is 1. The van der Waals surface area contributed by atoms with Crippen LogP contribution in [0.2, 0.25) is 0 Å². The van der Waals surface area contributed by atoms with E-state index < -0.39 is 0 Å². The molecule has 0 aliphatic rings. The summed E-state index contributed by atoms with van der Waals surface area (Å²) in [6.07, 6.45) is 3.03. The molecule has 0 fully saturated rings. The van der Waals surface area contributed by atoms with E-state index in [1.807, 2.05) is 42.5 Å². The molecule has 0 unspecified atom stereocenters. The molecule has 0 radical (unpaired) electrons. The minimum atomic E-state index is -0.167.